The fourth-order valence-electron chi connectivity index (χ4n) is 4.43. The van der Waals surface area contributed by atoms with E-state index in [9.17, 15) is 18.0 Å². The zero-order valence-corrected chi connectivity index (χ0v) is 20.4. The molecular formula is C25H19Cl2F3N4O2. The van der Waals surface area contributed by atoms with Crippen molar-refractivity contribution < 1.29 is 22.8 Å². The predicted molar refractivity (Wildman–Crippen MR) is 130 cm³/mol. The van der Waals surface area contributed by atoms with Gasteiger partial charge in [-0.15, -0.1) is 0 Å². The number of carbonyl (C=O) groups excluding carboxylic acids is 1. The van der Waals surface area contributed by atoms with Crippen LogP contribution in [0.3, 0.4) is 0 Å². The Morgan fingerprint density at radius 3 is 2.50 bits per heavy atom. The van der Waals surface area contributed by atoms with E-state index >= 15 is 0 Å². The number of amides is 1. The van der Waals surface area contributed by atoms with Gasteiger partial charge in [0.25, 0.3) is 11.5 Å². The molecule has 1 amide bonds. The number of halogens is 5. The Balaban J connectivity index is 1.44. The maximum absolute atomic E-state index is 14.3. The minimum atomic E-state index is -4.79. The van der Waals surface area contributed by atoms with Crippen LogP contribution in [0.15, 0.2) is 65.9 Å². The highest BCUT2D eigenvalue weighted by molar-refractivity contribution is 6.34. The maximum Gasteiger partial charge on any atom is 0.435 e. The van der Waals surface area contributed by atoms with Crippen molar-refractivity contribution in [2.24, 2.45) is 5.16 Å². The molecule has 5 rings (SSSR count). The molecule has 2 aliphatic rings. The van der Waals surface area contributed by atoms with Crippen molar-refractivity contribution in [1.82, 2.24) is 9.88 Å². The van der Waals surface area contributed by atoms with Crippen LogP contribution in [0.4, 0.5) is 18.9 Å². The Morgan fingerprint density at radius 2 is 1.83 bits per heavy atom. The van der Waals surface area contributed by atoms with Gasteiger partial charge in [-0.05, 0) is 42.5 Å². The Bertz CT molecular complexity index is 1350. The van der Waals surface area contributed by atoms with Crippen LogP contribution in [0.2, 0.25) is 10.0 Å². The topological polar surface area (TPSA) is 58.0 Å². The van der Waals surface area contributed by atoms with E-state index in [0.717, 1.165) is 5.69 Å². The standard InChI is InChI=1S/C25H19Cl2F3N4O2/c1-33-14-34(13-19-4-2-3-7-31-19)23(35)20-6-5-15(8-22(20)33)21-12-24(36-32-21,25(28,29)30)16-9-17(26)11-18(27)10-16/h2-11H,12-14H2,1H3. The number of oxime groups is 1. The molecule has 0 bridgehead atoms. The lowest BCUT2D eigenvalue weighted by Crippen LogP contribution is -2.44. The van der Waals surface area contributed by atoms with Gasteiger partial charge in [-0.1, -0.05) is 40.5 Å². The van der Waals surface area contributed by atoms with E-state index in [2.05, 4.69) is 10.1 Å². The fraction of sp³-hybridized carbons (Fsp3) is 0.240. The fourth-order valence-corrected chi connectivity index (χ4v) is 4.96. The number of benzene rings is 2. The molecule has 3 heterocycles. The summed E-state index contributed by atoms with van der Waals surface area (Å²) < 4.78 is 42.9. The van der Waals surface area contributed by atoms with Gasteiger partial charge >= 0.3 is 6.18 Å². The highest BCUT2D eigenvalue weighted by Crippen LogP contribution is 2.50. The number of hydrogen-bond donors (Lipinski definition) is 0. The van der Waals surface area contributed by atoms with Crippen LogP contribution in [0.25, 0.3) is 0 Å². The average Bonchev–Trinajstić information content (AvgIpc) is 3.29. The van der Waals surface area contributed by atoms with Crippen molar-refractivity contribution in [2.45, 2.75) is 24.7 Å². The molecular weight excluding hydrogens is 516 g/mol. The first-order chi connectivity index (χ1) is 17.1. The summed E-state index contributed by atoms with van der Waals surface area (Å²) in [6.07, 6.45) is -3.70. The lowest BCUT2D eigenvalue weighted by Gasteiger charge is -2.36. The van der Waals surface area contributed by atoms with Gasteiger partial charge in [0, 0.05) is 40.8 Å². The van der Waals surface area contributed by atoms with Gasteiger partial charge in [0.05, 0.1) is 35.9 Å². The van der Waals surface area contributed by atoms with E-state index in [1.807, 2.05) is 17.0 Å². The van der Waals surface area contributed by atoms with E-state index < -0.39 is 18.2 Å². The molecule has 3 aromatic rings. The Hall–Kier alpha value is -3.30. The zero-order valence-electron chi connectivity index (χ0n) is 18.9. The number of nitrogens with zero attached hydrogens (tertiary/aromatic N) is 4. The molecule has 1 atom stereocenters. The Morgan fingerprint density at radius 1 is 1.08 bits per heavy atom. The number of aromatic nitrogens is 1. The van der Waals surface area contributed by atoms with Gasteiger partial charge in [0.15, 0.2) is 0 Å². The molecule has 36 heavy (non-hydrogen) atoms. The summed E-state index contributed by atoms with van der Waals surface area (Å²) in [5.74, 6) is -0.192. The second kappa shape index (κ2) is 8.97. The first-order valence-electron chi connectivity index (χ1n) is 10.9. The highest BCUT2D eigenvalue weighted by Gasteiger charge is 2.62. The van der Waals surface area contributed by atoms with Crippen LogP contribution in [0.1, 0.15) is 33.6 Å². The number of fused-ring (bicyclic) bond motifs is 1. The molecule has 0 fully saturated rings. The number of anilines is 1. The number of alkyl halides is 3. The van der Waals surface area contributed by atoms with Crippen molar-refractivity contribution in [3.63, 3.8) is 0 Å². The van der Waals surface area contributed by atoms with E-state index in [1.165, 1.54) is 18.2 Å². The molecule has 6 nitrogen and oxygen atoms in total. The van der Waals surface area contributed by atoms with Crippen LogP contribution < -0.4 is 4.90 Å². The van der Waals surface area contributed by atoms with Crippen LogP contribution in [0, 0.1) is 0 Å². The number of pyridine rings is 1. The smallest absolute Gasteiger partial charge is 0.374 e. The Labute approximate surface area is 214 Å². The normalized spacial score (nSPS) is 19.7. The van der Waals surface area contributed by atoms with E-state index in [4.69, 9.17) is 28.0 Å². The summed E-state index contributed by atoms with van der Waals surface area (Å²) >= 11 is 12.0. The molecule has 0 aliphatic carbocycles. The average molecular weight is 535 g/mol. The lowest BCUT2D eigenvalue weighted by molar-refractivity contribution is -0.275. The summed E-state index contributed by atoms with van der Waals surface area (Å²) in [6, 6.07) is 14.0. The molecule has 0 radical (unpaired) electrons. The SMILES string of the molecule is CN1CN(Cc2ccccn2)C(=O)c2ccc(C3=NOC(c4cc(Cl)cc(Cl)c4)(C(F)(F)F)C3)cc21. The molecule has 1 unspecified atom stereocenters. The third-order valence-corrected chi connectivity index (χ3v) is 6.67. The van der Waals surface area contributed by atoms with Crippen molar-refractivity contribution >= 4 is 40.5 Å². The first-order valence-corrected chi connectivity index (χ1v) is 11.7. The van der Waals surface area contributed by atoms with Crippen molar-refractivity contribution in [2.75, 3.05) is 18.6 Å². The highest BCUT2D eigenvalue weighted by atomic mass is 35.5. The third kappa shape index (κ3) is 4.26. The minimum absolute atomic E-state index is 0.0577. The molecule has 0 saturated carbocycles. The largest absolute Gasteiger partial charge is 0.435 e. The Kier molecular flexibility index (Phi) is 6.08. The number of rotatable bonds is 4. The van der Waals surface area contributed by atoms with Crippen LogP contribution >= 0.6 is 23.2 Å². The van der Waals surface area contributed by atoms with Gasteiger partial charge in [-0.25, -0.2) is 0 Å². The van der Waals surface area contributed by atoms with E-state index in [1.54, 1.807) is 42.4 Å². The summed E-state index contributed by atoms with van der Waals surface area (Å²) in [4.78, 5) is 26.0. The van der Waals surface area contributed by atoms with E-state index in [0.29, 0.717) is 30.0 Å². The number of hydrogen-bond acceptors (Lipinski definition) is 5. The van der Waals surface area contributed by atoms with Crippen molar-refractivity contribution in [1.29, 1.82) is 0 Å². The number of carbonyl (C=O) groups is 1. The van der Waals surface area contributed by atoms with Crippen LogP contribution in [-0.2, 0) is 17.0 Å². The molecule has 2 aliphatic heterocycles. The van der Waals surface area contributed by atoms with Crippen molar-refractivity contribution in [3.8, 4) is 0 Å². The predicted octanol–water partition coefficient (Wildman–Crippen LogP) is 6.02. The minimum Gasteiger partial charge on any atom is -0.374 e. The van der Waals surface area contributed by atoms with E-state index in [-0.39, 0.29) is 27.2 Å². The maximum atomic E-state index is 14.3. The zero-order chi connectivity index (χ0) is 25.7. The second-order valence-electron chi connectivity index (χ2n) is 8.68. The summed E-state index contributed by atoms with van der Waals surface area (Å²) in [6.45, 7) is 0.629. The molecule has 2 aromatic carbocycles. The van der Waals surface area contributed by atoms with Crippen molar-refractivity contribution in [3.05, 3.63) is 93.2 Å². The van der Waals surface area contributed by atoms with Crippen LogP contribution in [-0.4, -0.2) is 41.4 Å². The first kappa shape index (κ1) is 24.4. The van der Waals surface area contributed by atoms with Gasteiger partial charge in [0.2, 0.25) is 0 Å². The molecule has 0 saturated heterocycles. The third-order valence-electron chi connectivity index (χ3n) is 6.24. The molecule has 0 N–H and O–H groups in total. The molecule has 1 aromatic heterocycles. The van der Waals surface area contributed by atoms with Gasteiger partial charge in [0.1, 0.15) is 0 Å². The monoisotopic (exact) mass is 534 g/mol. The summed E-state index contributed by atoms with van der Waals surface area (Å²) in [7, 11) is 1.81. The molecule has 186 valence electrons. The summed E-state index contributed by atoms with van der Waals surface area (Å²) in [5.41, 5.74) is -0.662. The quantitative estimate of drug-likeness (QED) is 0.410. The summed E-state index contributed by atoms with van der Waals surface area (Å²) in [5, 5.41) is 3.93. The lowest BCUT2D eigenvalue weighted by atomic mass is 9.86. The van der Waals surface area contributed by atoms with Gasteiger partial charge < -0.3 is 14.6 Å². The van der Waals surface area contributed by atoms with Gasteiger partial charge in [-0.3, -0.25) is 9.78 Å². The molecule has 11 heteroatoms. The molecule has 0 spiro atoms. The van der Waals surface area contributed by atoms with Gasteiger partial charge in [-0.2, -0.15) is 13.2 Å². The second-order valence-corrected chi connectivity index (χ2v) is 9.56. The van der Waals surface area contributed by atoms with Crippen LogP contribution in [0.5, 0.6) is 0 Å².